The summed E-state index contributed by atoms with van der Waals surface area (Å²) in [5.74, 6) is -1.93. The molecule has 1 amide bonds. The molecule has 6 rings (SSSR count). The van der Waals surface area contributed by atoms with E-state index in [-0.39, 0.29) is 37.1 Å². The first-order valence-corrected chi connectivity index (χ1v) is 14.8. The highest BCUT2D eigenvalue weighted by molar-refractivity contribution is 7.17. The third-order valence-electron chi connectivity index (χ3n) is 8.23. The number of nitrogens with zero attached hydrogens (tertiary/aromatic N) is 6. The Morgan fingerprint density at radius 3 is 2.76 bits per heavy atom. The van der Waals surface area contributed by atoms with Crippen molar-refractivity contribution in [3.8, 4) is 23.2 Å². The van der Waals surface area contributed by atoms with Crippen molar-refractivity contribution in [1.29, 1.82) is 5.26 Å². The van der Waals surface area contributed by atoms with Crippen molar-refractivity contribution in [1.82, 2.24) is 19.8 Å². The molecule has 2 atom stereocenters. The molecule has 2 aromatic carbocycles. The number of piperazine rings is 1. The summed E-state index contributed by atoms with van der Waals surface area (Å²) in [5, 5.41) is 12.9. The number of ether oxygens (including phenoxy) is 1. The molecule has 2 fully saturated rings. The number of carbonyl (C=O) groups is 1. The van der Waals surface area contributed by atoms with Crippen LogP contribution in [0.2, 0.25) is 0 Å². The number of hydrogen-bond donors (Lipinski definition) is 0. The molecule has 0 radical (unpaired) electrons. The fraction of sp³-hybridized carbons (Fsp3) is 0.355. The Balaban J connectivity index is 1.43. The molecule has 0 N–H and O–H groups in total. The number of aromatic nitrogens is 2. The molecule has 2 aliphatic heterocycles. The van der Waals surface area contributed by atoms with Crippen LogP contribution in [0.1, 0.15) is 19.3 Å². The molecule has 2 aliphatic rings. The monoisotopic (exact) mass is 588 g/mol. The van der Waals surface area contributed by atoms with Crippen LogP contribution in [0.3, 0.4) is 0 Å². The van der Waals surface area contributed by atoms with Crippen LogP contribution in [0.4, 0.5) is 14.6 Å². The Labute approximate surface area is 246 Å². The molecule has 8 nitrogen and oxygen atoms in total. The summed E-state index contributed by atoms with van der Waals surface area (Å²) in [7, 11) is 2.05. The fourth-order valence-electron chi connectivity index (χ4n) is 5.98. The van der Waals surface area contributed by atoms with Crippen LogP contribution in [0.5, 0.6) is 6.01 Å². The third kappa shape index (κ3) is 5.16. The molecule has 2 saturated heterocycles. The first kappa shape index (κ1) is 28.0. The maximum absolute atomic E-state index is 16.5. The van der Waals surface area contributed by atoms with Crippen molar-refractivity contribution in [2.75, 3.05) is 44.7 Å². The first-order valence-electron chi connectivity index (χ1n) is 13.9. The maximum Gasteiger partial charge on any atom is 0.319 e. The lowest BCUT2D eigenvalue weighted by atomic mass is 9.99. The number of fused-ring (bicyclic) bond motifs is 2. The summed E-state index contributed by atoms with van der Waals surface area (Å²) in [6, 6.07) is 13.1. The zero-order valence-electron chi connectivity index (χ0n) is 23.2. The van der Waals surface area contributed by atoms with Crippen molar-refractivity contribution in [2.45, 2.75) is 31.3 Å². The second-order valence-electron chi connectivity index (χ2n) is 10.7. The van der Waals surface area contributed by atoms with Gasteiger partial charge >= 0.3 is 6.01 Å². The topological polar surface area (TPSA) is 85.6 Å². The Morgan fingerprint density at radius 1 is 1.14 bits per heavy atom. The summed E-state index contributed by atoms with van der Waals surface area (Å²) < 4.78 is 37.4. The number of carbonyl (C=O) groups excluding carboxylic acids is 1. The molecule has 4 heterocycles. The van der Waals surface area contributed by atoms with E-state index in [0.29, 0.717) is 29.9 Å². The van der Waals surface area contributed by atoms with Gasteiger partial charge in [0.15, 0.2) is 11.6 Å². The van der Waals surface area contributed by atoms with E-state index in [1.807, 2.05) is 47.7 Å². The minimum absolute atomic E-state index is 0.000928. The number of halogens is 2. The Kier molecular flexibility index (Phi) is 7.75. The molecule has 4 aromatic rings. The Bertz CT molecular complexity index is 1720. The molecule has 42 heavy (non-hydrogen) atoms. The van der Waals surface area contributed by atoms with Crippen molar-refractivity contribution in [3.63, 3.8) is 0 Å². The quantitative estimate of drug-likeness (QED) is 0.262. The molecule has 0 aliphatic carbocycles. The van der Waals surface area contributed by atoms with Gasteiger partial charge in [-0.15, -0.1) is 11.3 Å². The highest BCUT2D eigenvalue weighted by atomic mass is 32.1. The van der Waals surface area contributed by atoms with E-state index >= 15 is 4.39 Å². The average Bonchev–Trinajstić information content (AvgIpc) is 3.64. The molecular formula is C31H30F2N6O2S. The lowest BCUT2D eigenvalue weighted by Gasteiger charge is -2.41. The van der Waals surface area contributed by atoms with E-state index in [4.69, 9.17) is 9.72 Å². The number of amides is 1. The van der Waals surface area contributed by atoms with Crippen LogP contribution in [0.15, 0.2) is 54.2 Å². The number of hydrogen-bond acceptors (Lipinski definition) is 8. The predicted molar refractivity (Wildman–Crippen MR) is 160 cm³/mol. The van der Waals surface area contributed by atoms with Gasteiger partial charge in [-0.05, 0) is 55.6 Å². The summed E-state index contributed by atoms with van der Waals surface area (Å²) in [4.78, 5) is 27.2. The van der Waals surface area contributed by atoms with E-state index in [0.717, 1.165) is 35.0 Å². The molecule has 0 saturated carbocycles. The van der Waals surface area contributed by atoms with E-state index in [1.54, 1.807) is 17.4 Å². The van der Waals surface area contributed by atoms with E-state index in [9.17, 15) is 14.4 Å². The van der Waals surface area contributed by atoms with Gasteiger partial charge in [0.05, 0.1) is 18.5 Å². The zero-order valence-corrected chi connectivity index (χ0v) is 24.0. The lowest BCUT2D eigenvalue weighted by Crippen LogP contribution is -2.55. The SMILES string of the molecule is C=C(F)C(=O)N1CCN(c2nc(OC[C@@H]3CCCN3C)nc3c(F)c(-c4cccc5sccc45)ccc23)C[C@@H]1CC#N. The molecule has 11 heteroatoms. The molecule has 2 aromatic heterocycles. The number of thiophene rings is 1. The first-order chi connectivity index (χ1) is 20.4. The number of likely N-dealkylation sites (tertiary alicyclic amines) is 1. The summed E-state index contributed by atoms with van der Waals surface area (Å²) in [6.07, 6.45) is 2.07. The summed E-state index contributed by atoms with van der Waals surface area (Å²) in [5.41, 5.74) is 1.33. The predicted octanol–water partition coefficient (Wildman–Crippen LogP) is 5.54. The second kappa shape index (κ2) is 11.6. The van der Waals surface area contributed by atoms with Crippen molar-refractivity contribution >= 4 is 44.1 Å². The van der Waals surface area contributed by atoms with Crippen molar-refractivity contribution in [2.24, 2.45) is 0 Å². The van der Waals surface area contributed by atoms with Crippen molar-refractivity contribution in [3.05, 3.63) is 60.0 Å². The van der Waals surface area contributed by atoms with Crippen LogP contribution in [0, 0.1) is 17.1 Å². The van der Waals surface area contributed by atoms with Gasteiger partial charge in [-0.25, -0.2) is 8.78 Å². The maximum atomic E-state index is 16.5. The van der Waals surface area contributed by atoms with Gasteiger partial charge < -0.3 is 19.4 Å². The largest absolute Gasteiger partial charge is 0.462 e. The lowest BCUT2D eigenvalue weighted by molar-refractivity contribution is -0.131. The number of rotatable bonds is 7. The van der Waals surface area contributed by atoms with Crippen molar-refractivity contribution < 1.29 is 18.3 Å². The highest BCUT2D eigenvalue weighted by Crippen LogP contribution is 2.38. The van der Waals surface area contributed by atoms with Gasteiger partial charge in [-0.2, -0.15) is 15.2 Å². The van der Waals surface area contributed by atoms with Crippen LogP contribution >= 0.6 is 11.3 Å². The highest BCUT2D eigenvalue weighted by Gasteiger charge is 2.33. The standard InChI is InChI=1S/C31H30F2N6O2S/c1-19(32)30(40)39-15-14-38(17-20(39)10-12-34)29-25-9-8-24(22-6-3-7-26-23(22)11-16-42-26)27(33)28(25)35-31(36-29)41-18-21-5-4-13-37(21)2/h3,6-9,11,16,20-21H,1,4-5,10,13-15,17-18H2,2H3/t20-,21-/m0/s1. The average molecular weight is 589 g/mol. The van der Waals surface area contributed by atoms with Gasteiger partial charge in [0.25, 0.3) is 5.91 Å². The molecule has 0 bridgehead atoms. The zero-order chi connectivity index (χ0) is 29.4. The number of nitriles is 1. The second-order valence-corrected chi connectivity index (χ2v) is 11.7. The van der Waals surface area contributed by atoms with Gasteiger partial charge in [0, 0.05) is 46.7 Å². The van der Waals surface area contributed by atoms with Gasteiger partial charge in [0.1, 0.15) is 17.9 Å². The number of likely N-dealkylation sites (N-methyl/N-ethyl adjacent to an activating group) is 1. The molecule has 0 unspecified atom stereocenters. The number of anilines is 1. The minimum atomic E-state index is -1.07. The van der Waals surface area contributed by atoms with Crippen LogP contribution in [0.25, 0.3) is 32.1 Å². The van der Waals surface area contributed by atoms with Gasteiger partial charge in [-0.3, -0.25) is 4.79 Å². The van der Waals surface area contributed by atoms with E-state index in [1.165, 1.54) is 4.90 Å². The summed E-state index contributed by atoms with van der Waals surface area (Å²) in [6.45, 7) is 5.16. The molecular weight excluding hydrogens is 558 g/mol. The smallest absolute Gasteiger partial charge is 0.319 e. The Morgan fingerprint density at radius 2 is 2.00 bits per heavy atom. The summed E-state index contributed by atoms with van der Waals surface area (Å²) >= 11 is 1.60. The van der Waals surface area contributed by atoms with Crippen LogP contribution < -0.4 is 9.64 Å². The molecule has 0 spiro atoms. The molecule has 216 valence electrons. The fourth-order valence-corrected chi connectivity index (χ4v) is 6.79. The van der Waals surface area contributed by atoms with E-state index in [2.05, 4.69) is 22.5 Å². The third-order valence-corrected chi connectivity index (χ3v) is 9.11. The Hall–Kier alpha value is -4.14. The number of benzene rings is 2. The minimum Gasteiger partial charge on any atom is -0.462 e. The van der Waals surface area contributed by atoms with E-state index < -0.39 is 23.6 Å². The normalized spacial score (nSPS) is 19.4. The van der Waals surface area contributed by atoms with Crippen LogP contribution in [-0.2, 0) is 4.79 Å². The van der Waals surface area contributed by atoms with Gasteiger partial charge in [-0.1, -0.05) is 24.8 Å². The van der Waals surface area contributed by atoms with Crippen LogP contribution in [-0.4, -0.2) is 77.6 Å². The van der Waals surface area contributed by atoms with Gasteiger partial charge in [0.2, 0.25) is 0 Å².